The Bertz CT molecular complexity index is 495. The SMILES string of the molecule is C=CCN(Cc1cccs1)C(=O)NCCC(=O)N1CCCC1. The van der Waals surface area contributed by atoms with Crippen LogP contribution in [0.25, 0.3) is 0 Å². The highest BCUT2D eigenvalue weighted by atomic mass is 32.1. The lowest BCUT2D eigenvalue weighted by Gasteiger charge is -2.21. The summed E-state index contributed by atoms with van der Waals surface area (Å²) < 4.78 is 0. The number of amides is 3. The molecule has 120 valence electrons. The molecule has 1 N–H and O–H groups in total. The van der Waals surface area contributed by atoms with Crippen LogP contribution in [0.15, 0.2) is 30.2 Å². The van der Waals surface area contributed by atoms with Crippen molar-refractivity contribution in [3.8, 4) is 0 Å². The molecule has 1 saturated heterocycles. The van der Waals surface area contributed by atoms with Gasteiger partial charge in [-0.2, -0.15) is 0 Å². The Kier molecular flexibility index (Phi) is 6.45. The number of thiophene rings is 1. The van der Waals surface area contributed by atoms with Gasteiger partial charge in [-0.3, -0.25) is 4.79 Å². The van der Waals surface area contributed by atoms with Crippen LogP contribution in [0.3, 0.4) is 0 Å². The van der Waals surface area contributed by atoms with E-state index in [9.17, 15) is 9.59 Å². The Morgan fingerprint density at radius 3 is 2.82 bits per heavy atom. The summed E-state index contributed by atoms with van der Waals surface area (Å²) in [6.45, 7) is 6.84. The van der Waals surface area contributed by atoms with E-state index in [0.29, 0.717) is 26.1 Å². The first kappa shape index (κ1) is 16.5. The minimum Gasteiger partial charge on any atom is -0.343 e. The van der Waals surface area contributed by atoms with Crippen molar-refractivity contribution in [2.24, 2.45) is 0 Å². The fourth-order valence-corrected chi connectivity index (χ4v) is 3.20. The maximum atomic E-state index is 12.2. The van der Waals surface area contributed by atoms with Crippen molar-refractivity contribution in [1.82, 2.24) is 15.1 Å². The molecule has 0 aromatic carbocycles. The minimum absolute atomic E-state index is 0.131. The highest BCUT2D eigenvalue weighted by Gasteiger charge is 2.18. The number of rotatable bonds is 7. The van der Waals surface area contributed by atoms with Gasteiger partial charge in [0, 0.05) is 37.5 Å². The van der Waals surface area contributed by atoms with Crippen LogP contribution in [0.5, 0.6) is 0 Å². The number of carbonyl (C=O) groups is 2. The lowest BCUT2D eigenvalue weighted by molar-refractivity contribution is -0.129. The van der Waals surface area contributed by atoms with Crippen LogP contribution in [0.1, 0.15) is 24.1 Å². The number of hydrogen-bond acceptors (Lipinski definition) is 3. The van der Waals surface area contributed by atoms with Crippen LogP contribution in [-0.2, 0) is 11.3 Å². The molecule has 0 spiro atoms. The zero-order chi connectivity index (χ0) is 15.8. The predicted octanol–water partition coefficient (Wildman–Crippen LogP) is 2.46. The van der Waals surface area contributed by atoms with Crippen LogP contribution >= 0.6 is 11.3 Å². The summed E-state index contributed by atoms with van der Waals surface area (Å²) in [7, 11) is 0. The van der Waals surface area contributed by atoms with Gasteiger partial charge in [0.25, 0.3) is 0 Å². The molecule has 3 amide bonds. The first-order valence-corrected chi connectivity index (χ1v) is 8.52. The van der Waals surface area contributed by atoms with Crippen molar-refractivity contribution >= 4 is 23.3 Å². The van der Waals surface area contributed by atoms with Gasteiger partial charge in [0.1, 0.15) is 0 Å². The summed E-state index contributed by atoms with van der Waals surface area (Å²) in [6.07, 6.45) is 4.26. The van der Waals surface area contributed by atoms with Gasteiger partial charge in [-0.15, -0.1) is 17.9 Å². The summed E-state index contributed by atoms with van der Waals surface area (Å²) in [4.78, 5) is 28.8. The molecule has 1 aliphatic rings. The molecule has 6 heteroatoms. The molecule has 1 aromatic heterocycles. The highest BCUT2D eigenvalue weighted by molar-refractivity contribution is 7.09. The van der Waals surface area contributed by atoms with Crippen molar-refractivity contribution < 1.29 is 9.59 Å². The molecule has 22 heavy (non-hydrogen) atoms. The fraction of sp³-hybridized carbons (Fsp3) is 0.500. The van der Waals surface area contributed by atoms with E-state index in [0.717, 1.165) is 30.8 Å². The Morgan fingerprint density at radius 2 is 2.18 bits per heavy atom. The molecule has 5 nitrogen and oxygen atoms in total. The number of carbonyl (C=O) groups excluding carboxylic acids is 2. The second kappa shape index (κ2) is 8.58. The molecule has 0 radical (unpaired) electrons. The smallest absolute Gasteiger partial charge is 0.318 e. The van der Waals surface area contributed by atoms with Gasteiger partial charge < -0.3 is 15.1 Å². The van der Waals surface area contributed by atoms with E-state index in [-0.39, 0.29) is 11.9 Å². The number of likely N-dealkylation sites (tertiary alicyclic amines) is 1. The van der Waals surface area contributed by atoms with Crippen LogP contribution in [0.4, 0.5) is 4.79 Å². The van der Waals surface area contributed by atoms with E-state index in [1.54, 1.807) is 22.3 Å². The van der Waals surface area contributed by atoms with Gasteiger partial charge in [-0.05, 0) is 24.3 Å². The monoisotopic (exact) mass is 321 g/mol. The fourth-order valence-electron chi connectivity index (χ4n) is 2.48. The van der Waals surface area contributed by atoms with Crippen LogP contribution < -0.4 is 5.32 Å². The van der Waals surface area contributed by atoms with E-state index >= 15 is 0 Å². The molecule has 0 aliphatic carbocycles. The molecule has 1 aromatic rings. The third-order valence-corrected chi connectivity index (χ3v) is 4.50. The van der Waals surface area contributed by atoms with Crippen LogP contribution in [-0.4, -0.2) is 47.9 Å². The van der Waals surface area contributed by atoms with Gasteiger partial charge in [-0.1, -0.05) is 12.1 Å². The quantitative estimate of drug-likeness (QED) is 0.784. The number of nitrogens with zero attached hydrogens (tertiary/aromatic N) is 2. The average molecular weight is 321 g/mol. The molecule has 0 bridgehead atoms. The maximum Gasteiger partial charge on any atom is 0.318 e. The molecular formula is C16H23N3O2S. The van der Waals surface area contributed by atoms with E-state index in [1.165, 1.54) is 0 Å². The first-order chi connectivity index (χ1) is 10.7. The molecule has 2 heterocycles. The van der Waals surface area contributed by atoms with Crippen LogP contribution in [0.2, 0.25) is 0 Å². The van der Waals surface area contributed by atoms with Crippen LogP contribution in [0, 0.1) is 0 Å². The van der Waals surface area contributed by atoms with Gasteiger partial charge in [0.15, 0.2) is 0 Å². The van der Waals surface area contributed by atoms with Crippen molar-refractivity contribution in [3.05, 3.63) is 35.0 Å². The summed E-state index contributed by atoms with van der Waals surface area (Å²) in [5, 5.41) is 4.82. The Labute approximate surface area is 135 Å². The maximum absolute atomic E-state index is 12.2. The third kappa shape index (κ3) is 4.87. The zero-order valence-electron chi connectivity index (χ0n) is 12.8. The van der Waals surface area contributed by atoms with Gasteiger partial charge in [0.05, 0.1) is 6.54 Å². The van der Waals surface area contributed by atoms with E-state index < -0.39 is 0 Å². The van der Waals surface area contributed by atoms with E-state index in [2.05, 4.69) is 11.9 Å². The largest absolute Gasteiger partial charge is 0.343 e. The molecule has 2 rings (SSSR count). The van der Waals surface area contributed by atoms with E-state index in [4.69, 9.17) is 0 Å². The average Bonchev–Trinajstić information content (AvgIpc) is 3.20. The molecular weight excluding hydrogens is 298 g/mol. The number of urea groups is 1. The normalized spacial score (nSPS) is 13.9. The topological polar surface area (TPSA) is 52.7 Å². The minimum atomic E-state index is -0.150. The summed E-state index contributed by atoms with van der Waals surface area (Å²) in [6, 6.07) is 3.83. The molecule has 1 fully saturated rings. The lowest BCUT2D eigenvalue weighted by atomic mass is 10.3. The standard InChI is InChI=1S/C16H23N3O2S/c1-2-9-19(13-14-6-5-12-22-14)16(21)17-8-7-15(20)18-10-3-4-11-18/h2,5-6,12H,1,3-4,7-11,13H2,(H,17,21). The predicted molar refractivity (Wildman–Crippen MR) is 88.8 cm³/mol. The second-order valence-electron chi connectivity index (χ2n) is 5.32. The number of nitrogens with one attached hydrogen (secondary N) is 1. The van der Waals surface area contributed by atoms with Crippen molar-refractivity contribution in [2.75, 3.05) is 26.2 Å². The number of hydrogen-bond donors (Lipinski definition) is 1. The van der Waals surface area contributed by atoms with Crippen molar-refractivity contribution in [1.29, 1.82) is 0 Å². The molecule has 1 aliphatic heterocycles. The summed E-state index contributed by atoms with van der Waals surface area (Å²) in [5.74, 6) is 0.131. The lowest BCUT2D eigenvalue weighted by Crippen LogP contribution is -2.41. The summed E-state index contributed by atoms with van der Waals surface area (Å²) in [5.41, 5.74) is 0. The molecule has 0 unspecified atom stereocenters. The van der Waals surface area contributed by atoms with Gasteiger partial charge >= 0.3 is 6.03 Å². The Hall–Kier alpha value is -1.82. The summed E-state index contributed by atoms with van der Waals surface area (Å²) >= 11 is 1.62. The van der Waals surface area contributed by atoms with Gasteiger partial charge in [-0.25, -0.2) is 4.79 Å². The Morgan fingerprint density at radius 1 is 1.41 bits per heavy atom. The van der Waals surface area contributed by atoms with Gasteiger partial charge in [0.2, 0.25) is 5.91 Å². The first-order valence-electron chi connectivity index (χ1n) is 7.64. The highest BCUT2D eigenvalue weighted by Crippen LogP contribution is 2.12. The third-order valence-electron chi connectivity index (χ3n) is 3.64. The Balaban J connectivity index is 1.75. The zero-order valence-corrected chi connectivity index (χ0v) is 13.6. The van der Waals surface area contributed by atoms with Crippen molar-refractivity contribution in [3.63, 3.8) is 0 Å². The second-order valence-corrected chi connectivity index (χ2v) is 6.35. The van der Waals surface area contributed by atoms with Crippen molar-refractivity contribution in [2.45, 2.75) is 25.8 Å². The van der Waals surface area contributed by atoms with E-state index in [1.807, 2.05) is 22.4 Å². The molecule has 0 atom stereocenters. The molecule has 0 saturated carbocycles.